The van der Waals surface area contributed by atoms with Gasteiger partial charge in [-0.1, -0.05) is 41.9 Å². The highest BCUT2D eigenvalue weighted by Crippen LogP contribution is 2.41. The molecular formula is C20H15ClN2O. The Morgan fingerprint density at radius 3 is 2.71 bits per heavy atom. The molecule has 24 heavy (non-hydrogen) atoms. The van der Waals surface area contributed by atoms with Crippen LogP contribution in [0.4, 0.5) is 11.4 Å². The average molecular weight is 335 g/mol. The molecule has 0 fully saturated rings. The fourth-order valence-corrected chi connectivity index (χ4v) is 3.36. The van der Waals surface area contributed by atoms with E-state index >= 15 is 0 Å². The van der Waals surface area contributed by atoms with E-state index in [1.165, 1.54) is 0 Å². The molecule has 1 amide bonds. The molecule has 0 unspecified atom stereocenters. The normalized spacial score (nSPS) is 13.4. The molecule has 0 aliphatic carbocycles. The summed E-state index contributed by atoms with van der Waals surface area (Å²) in [6, 6.07) is 17.3. The average Bonchev–Trinajstić information content (AvgIpc) is 2.89. The maximum Gasteiger partial charge on any atom is 0.258 e. The van der Waals surface area contributed by atoms with Crippen LogP contribution in [-0.4, -0.2) is 18.7 Å². The number of aliphatic imine (C=N–C) groups is 1. The van der Waals surface area contributed by atoms with Crippen LogP contribution in [0.3, 0.4) is 0 Å². The number of nitrogens with zero attached hydrogens (tertiary/aromatic N) is 2. The van der Waals surface area contributed by atoms with Crippen molar-refractivity contribution >= 4 is 45.9 Å². The van der Waals surface area contributed by atoms with Gasteiger partial charge >= 0.3 is 0 Å². The monoisotopic (exact) mass is 334 g/mol. The second-order valence-corrected chi connectivity index (χ2v) is 6.07. The highest BCUT2D eigenvalue weighted by Gasteiger charge is 2.29. The SMILES string of the molecule is CCN1C(=O)c2cccc3c(N=Cc4ccccc4Cl)ccc1c23. The van der Waals surface area contributed by atoms with Gasteiger partial charge in [-0.25, -0.2) is 0 Å². The first kappa shape index (κ1) is 14.9. The van der Waals surface area contributed by atoms with E-state index in [2.05, 4.69) is 4.99 Å². The fourth-order valence-electron chi connectivity index (χ4n) is 3.18. The Bertz CT molecular complexity index is 994. The molecule has 4 rings (SSSR count). The zero-order valence-corrected chi connectivity index (χ0v) is 13.9. The minimum atomic E-state index is 0.0605. The molecule has 3 aromatic rings. The van der Waals surface area contributed by atoms with Crippen LogP contribution < -0.4 is 4.90 Å². The van der Waals surface area contributed by atoms with Crippen molar-refractivity contribution in [1.29, 1.82) is 0 Å². The van der Waals surface area contributed by atoms with Crippen LogP contribution in [0.25, 0.3) is 10.8 Å². The van der Waals surface area contributed by atoms with E-state index in [1.54, 1.807) is 11.1 Å². The molecule has 0 spiro atoms. The summed E-state index contributed by atoms with van der Waals surface area (Å²) in [5.74, 6) is 0.0605. The number of hydrogen-bond acceptors (Lipinski definition) is 2. The third-order valence-electron chi connectivity index (χ3n) is 4.33. The van der Waals surface area contributed by atoms with Gasteiger partial charge in [0.25, 0.3) is 5.91 Å². The minimum absolute atomic E-state index is 0.0605. The molecule has 0 saturated carbocycles. The van der Waals surface area contributed by atoms with Crippen LogP contribution in [0, 0.1) is 0 Å². The van der Waals surface area contributed by atoms with Crippen molar-refractivity contribution in [2.45, 2.75) is 6.92 Å². The molecule has 1 aliphatic rings. The fraction of sp³-hybridized carbons (Fsp3) is 0.100. The van der Waals surface area contributed by atoms with Crippen LogP contribution in [-0.2, 0) is 0 Å². The summed E-state index contributed by atoms with van der Waals surface area (Å²) >= 11 is 6.18. The second-order valence-electron chi connectivity index (χ2n) is 5.66. The number of benzene rings is 3. The highest BCUT2D eigenvalue weighted by atomic mass is 35.5. The number of rotatable bonds is 3. The number of carbonyl (C=O) groups is 1. The van der Waals surface area contributed by atoms with Crippen molar-refractivity contribution in [2.75, 3.05) is 11.4 Å². The minimum Gasteiger partial charge on any atom is -0.308 e. The zero-order chi connectivity index (χ0) is 16.7. The lowest BCUT2D eigenvalue weighted by molar-refractivity contribution is 0.0994. The van der Waals surface area contributed by atoms with Gasteiger partial charge in [0.15, 0.2) is 0 Å². The van der Waals surface area contributed by atoms with Crippen molar-refractivity contribution in [2.24, 2.45) is 4.99 Å². The topological polar surface area (TPSA) is 32.7 Å². The molecule has 0 N–H and O–H groups in total. The molecule has 3 aromatic carbocycles. The van der Waals surface area contributed by atoms with Gasteiger partial charge in [-0.15, -0.1) is 0 Å². The lowest BCUT2D eigenvalue weighted by Gasteiger charge is -2.14. The lowest BCUT2D eigenvalue weighted by atomic mass is 10.0. The molecule has 118 valence electrons. The summed E-state index contributed by atoms with van der Waals surface area (Å²) < 4.78 is 0. The van der Waals surface area contributed by atoms with E-state index in [0.717, 1.165) is 33.3 Å². The molecule has 0 saturated heterocycles. The summed E-state index contributed by atoms with van der Waals surface area (Å²) in [6.07, 6.45) is 1.76. The maximum absolute atomic E-state index is 12.5. The number of halogens is 1. The van der Waals surface area contributed by atoms with E-state index in [0.29, 0.717) is 11.6 Å². The first-order valence-electron chi connectivity index (χ1n) is 7.87. The molecule has 0 bridgehead atoms. The number of carbonyl (C=O) groups excluding carboxylic acids is 1. The Kier molecular flexibility index (Phi) is 3.58. The van der Waals surface area contributed by atoms with Crippen LogP contribution in [0.2, 0.25) is 5.02 Å². The molecule has 4 heteroatoms. The van der Waals surface area contributed by atoms with Gasteiger partial charge in [-0.3, -0.25) is 9.79 Å². The van der Waals surface area contributed by atoms with E-state index in [1.807, 2.05) is 61.5 Å². The van der Waals surface area contributed by atoms with Crippen LogP contribution in [0.1, 0.15) is 22.8 Å². The molecular weight excluding hydrogens is 320 g/mol. The Morgan fingerprint density at radius 2 is 1.92 bits per heavy atom. The quantitative estimate of drug-likeness (QED) is 0.604. The van der Waals surface area contributed by atoms with Gasteiger partial charge in [0.2, 0.25) is 0 Å². The van der Waals surface area contributed by atoms with Gasteiger partial charge in [0.05, 0.1) is 11.4 Å². The summed E-state index contributed by atoms with van der Waals surface area (Å²) in [6.45, 7) is 2.64. The van der Waals surface area contributed by atoms with Gasteiger partial charge in [-0.2, -0.15) is 0 Å². The van der Waals surface area contributed by atoms with E-state index in [-0.39, 0.29) is 5.91 Å². The third-order valence-corrected chi connectivity index (χ3v) is 4.67. The predicted octanol–water partition coefficient (Wildman–Crippen LogP) is 5.22. The summed E-state index contributed by atoms with van der Waals surface area (Å²) in [4.78, 5) is 18.9. The van der Waals surface area contributed by atoms with Crippen molar-refractivity contribution in [3.63, 3.8) is 0 Å². The summed E-state index contributed by atoms with van der Waals surface area (Å²) in [7, 11) is 0. The second kappa shape index (κ2) is 5.77. The lowest BCUT2D eigenvalue weighted by Crippen LogP contribution is -2.25. The van der Waals surface area contributed by atoms with E-state index in [4.69, 9.17) is 11.6 Å². The van der Waals surface area contributed by atoms with Crippen molar-refractivity contribution in [1.82, 2.24) is 0 Å². The van der Waals surface area contributed by atoms with Crippen LogP contribution in [0.15, 0.2) is 59.6 Å². The first-order chi connectivity index (χ1) is 11.7. The van der Waals surface area contributed by atoms with Crippen LogP contribution in [0.5, 0.6) is 0 Å². The molecule has 0 radical (unpaired) electrons. The van der Waals surface area contributed by atoms with Crippen LogP contribution >= 0.6 is 11.6 Å². The Balaban J connectivity index is 1.87. The molecule has 1 aliphatic heterocycles. The predicted molar refractivity (Wildman–Crippen MR) is 100 cm³/mol. The van der Waals surface area contributed by atoms with E-state index in [9.17, 15) is 4.79 Å². The number of anilines is 1. The van der Waals surface area contributed by atoms with Gasteiger partial charge in [0, 0.05) is 39.7 Å². The Labute approximate surface area is 145 Å². The van der Waals surface area contributed by atoms with Gasteiger partial charge < -0.3 is 4.90 Å². The van der Waals surface area contributed by atoms with Crippen molar-refractivity contribution in [3.05, 3.63) is 70.7 Å². The van der Waals surface area contributed by atoms with Gasteiger partial charge in [0.1, 0.15) is 0 Å². The zero-order valence-electron chi connectivity index (χ0n) is 13.2. The smallest absolute Gasteiger partial charge is 0.258 e. The summed E-state index contributed by atoms with van der Waals surface area (Å²) in [5, 5.41) is 2.63. The Hall–Kier alpha value is -2.65. The molecule has 3 nitrogen and oxygen atoms in total. The van der Waals surface area contributed by atoms with Crippen molar-refractivity contribution < 1.29 is 4.79 Å². The third kappa shape index (κ3) is 2.21. The number of amides is 1. The maximum atomic E-state index is 12.5. The van der Waals surface area contributed by atoms with Gasteiger partial charge in [-0.05, 0) is 31.2 Å². The highest BCUT2D eigenvalue weighted by molar-refractivity contribution is 6.33. The molecule has 0 atom stereocenters. The van der Waals surface area contributed by atoms with Crippen molar-refractivity contribution in [3.8, 4) is 0 Å². The summed E-state index contributed by atoms with van der Waals surface area (Å²) in [5.41, 5.74) is 3.42. The molecule has 1 heterocycles. The standard InChI is InChI=1S/C20H15ClN2O/c1-2-23-18-11-10-17(22-12-13-6-3-4-9-16(13)21)14-7-5-8-15(19(14)18)20(23)24/h3-12H,2H2,1H3. The Morgan fingerprint density at radius 1 is 1.08 bits per heavy atom. The first-order valence-corrected chi connectivity index (χ1v) is 8.24. The number of hydrogen-bond donors (Lipinski definition) is 0. The largest absolute Gasteiger partial charge is 0.308 e. The molecule has 0 aromatic heterocycles. The van der Waals surface area contributed by atoms with E-state index < -0.39 is 0 Å².